The van der Waals surface area contributed by atoms with Gasteiger partial charge in [-0.25, -0.2) is 14.4 Å². The molecule has 298 valence electrons. The summed E-state index contributed by atoms with van der Waals surface area (Å²) < 4.78 is 38.7. The number of carbonyl (C=O) groups excluding carboxylic acids is 4. The molecule has 0 aliphatic carbocycles. The molecule has 0 saturated heterocycles. The highest BCUT2D eigenvalue weighted by Crippen LogP contribution is 2.33. The van der Waals surface area contributed by atoms with Crippen LogP contribution in [-0.2, 0) is 19.1 Å². The van der Waals surface area contributed by atoms with Gasteiger partial charge in [-0.15, -0.1) is 0 Å². The summed E-state index contributed by atoms with van der Waals surface area (Å²) in [6.07, 6.45) is 8.41. The van der Waals surface area contributed by atoms with Crippen molar-refractivity contribution in [3.05, 3.63) is 115 Å². The first-order valence-electron chi connectivity index (χ1n) is 19.3. The van der Waals surface area contributed by atoms with Crippen molar-refractivity contribution in [2.45, 2.75) is 58.3 Å². The van der Waals surface area contributed by atoms with Crippen LogP contribution in [0.4, 0.5) is 0 Å². The van der Waals surface area contributed by atoms with Gasteiger partial charge >= 0.3 is 17.9 Å². The summed E-state index contributed by atoms with van der Waals surface area (Å²) in [5.41, 5.74) is 0.730. The second-order valence-electron chi connectivity index (χ2n) is 13.1. The van der Waals surface area contributed by atoms with Gasteiger partial charge in [-0.3, -0.25) is 4.79 Å². The summed E-state index contributed by atoms with van der Waals surface area (Å²) in [5.74, 6) is 0.651. The minimum atomic E-state index is -0.563. The lowest BCUT2D eigenvalue weighted by Gasteiger charge is -2.13. The number of ether oxygens (including phenoxy) is 7. The average Bonchev–Trinajstić information content (AvgIpc) is 3.23. The summed E-state index contributed by atoms with van der Waals surface area (Å²) >= 11 is 0. The Morgan fingerprint density at radius 1 is 0.526 bits per heavy atom. The van der Waals surface area contributed by atoms with Crippen LogP contribution in [0.2, 0.25) is 0 Å². The topological polar surface area (TPSA) is 133 Å². The first-order chi connectivity index (χ1) is 27.9. The molecule has 5 aromatic carbocycles. The number of hydrogen-bond donors (Lipinski definition) is 0. The molecule has 0 N–H and O–H groups in total. The smallest absolute Gasteiger partial charge is 0.343 e. The molecule has 0 aromatic heterocycles. The van der Waals surface area contributed by atoms with Crippen molar-refractivity contribution < 1.29 is 52.3 Å². The zero-order valence-corrected chi connectivity index (χ0v) is 32.2. The molecule has 0 fully saturated rings. The fourth-order valence-corrected chi connectivity index (χ4v) is 5.97. The van der Waals surface area contributed by atoms with Crippen LogP contribution in [0.3, 0.4) is 0 Å². The lowest BCUT2D eigenvalue weighted by atomic mass is 10.1. The Morgan fingerprint density at radius 2 is 1.04 bits per heavy atom. The Kier molecular flexibility index (Phi) is 16.3. The summed E-state index contributed by atoms with van der Waals surface area (Å²) in [4.78, 5) is 47.7. The van der Waals surface area contributed by atoms with Gasteiger partial charge in [-0.05, 0) is 140 Å². The first kappa shape index (κ1) is 41.8. The quantitative estimate of drug-likeness (QED) is 0.0195. The maximum Gasteiger partial charge on any atom is 0.343 e. The van der Waals surface area contributed by atoms with Crippen molar-refractivity contribution in [3.63, 3.8) is 0 Å². The van der Waals surface area contributed by atoms with E-state index in [0.717, 1.165) is 90.5 Å². The van der Waals surface area contributed by atoms with Crippen LogP contribution in [0.25, 0.3) is 21.5 Å². The summed E-state index contributed by atoms with van der Waals surface area (Å²) in [6, 6.07) is 26.6. The van der Waals surface area contributed by atoms with Crippen LogP contribution in [-0.4, -0.2) is 57.4 Å². The summed E-state index contributed by atoms with van der Waals surface area (Å²) in [7, 11) is 0. The van der Waals surface area contributed by atoms with E-state index in [0.29, 0.717) is 50.6 Å². The molecule has 0 spiro atoms. The van der Waals surface area contributed by atoms with Crippen molar-refractivity contribution in [1.29, 1.82) is 0 Å². The second kappa shape index (κ2) is 22.3. The van der Waals surface area contributed by atoms with E-state index in [2.05, 4.69) is 6.58 Å². The molecule has 0 aliphatic rings. The van der Waals surface area contributed by atoms with Gasteiger partial charge in [0.05, 0.1) is 44.2 Å². The molecule has 0 aliphatic heterocycles. The van der Waals surface area contributed by atoms with Gasteiger partial charge in [0.1, 0.15) is 17.2 Å². The predicted molar refractivity (Wildman–Crippen MR) is 217 cm³/mol. The molecule has 5 rings (SSSR count). The number of hydrogen-bond acceptors (Lipinski definition) is 11. The zero-order chi connectivity index (χ0) is 40.2. The van der Waals surface area contributed by atoms with E-state index >= 15 is 0 Å². The van der Waals surface area contributed by atoms with Gasteiger partial charge in [0.15, 0.2) is 11.5 Å². The van der Waals surface area contributed by atoms with Crippen LogP contribution in [0.1, 0.15) is 79.0 Å². The van der Waals surface area contributed by atoms with Crippen LogP contribution >= 0.6 is 0 Å². The number of unbranched alkanes of at least 4 members (excludes halogenated alkanes) is 6. The van der Waals surface area contributed by atoms with Crippen molar-refractivity contribution in [3.8, 4) is 28.7 Å². The van der Waals surface area contributed by atoms with E-state index in [-0.39, 0.29) is 17.2 Å². The second-order valence-corrected chi connectivity index (χ2v) is 13.1. The van der Waals surface area contributed by atoms with Gasteiger partial charge in [0.2, 0.25) is 0 Å². The minimum absolute atomic E-state index is 0.192. The third-order valence-corrected chi connectivity index (χ3v) is 8.93. The molecule has 11 heteroatoms. The maximum absolute atomic E-state index is 13.2. The number of rotatable bonds is 24. The average molecular weight is 777 g/mol. The number of fused-ring (bicyclic) bond motifs is 2. The Labute approximate surface area is 332 Å². The standard InChI is InChI=1S/C46H48O11/c1-3-44(48)55-26-12-8-7-11-25-54-39-19-17-33-27-37(15-13-35(33)29-39)45(49)56-41-21-22-42(43(31-41)52-4-2)57-46(50)38-16-14-36-30-40(20-18-34(36)28-38)53-24-10-6-5-9-23-51-32-47/h3,13-22,27-32H,1,4-12,23-26H2,2H3. The third kappa shape index (κ3) is 13.1. The largest absolute Gasteiger partial charge is 0.494 e. The van der Waals surface area contributed by atoms with E-state index in [4.69, 9.17) is 33.2 Å². The molecular formula is C46H48O11. The van der Waals surface area contributed by atoms with Gasteiger partial charge in [0, 0.05) is 12.1 Å². The highest BCUT2D eigenvalue weighted by Gasteiger charge is 2.17. The Morgan fingerprint density at radius 3 is 1.60 bits per heavy atom. The molecule has 0 heterocycles. The number of esters is 3. The van der Waals surface area contributed by atoms with E-state index in [1.165, 1.54) is 12.1 Å². The molecule has 5 aromatic rings. The van der Waals surface area contributed by atoms with E-state index in [9.17, 15) is 19.2 Å². The maximum atomic E-state index is 13.2. The zero-order valence-electron chi connectivity index (χ0n) is 32.2. The Bertz CT molecular complexity index is 2140. The van der Waals surface area contributed by atoms with E-state index in [1.54, 1.807) is 37.3 Å². The highest BCUT2D eigenvalue weighted by atomic mass is 16.6. The lowest BCUT2D eigenvalue weighted by molar-refractivity contribution is -0.137. The van der Waals surface area contributed by atoms with E-state index in [1.807, 2.05) is 48.5 Å². The van der Waals surface area contributed by atoms with Gasteiger partial charge in [-0.1, -0.05) is 30.8 Å². The molecule has 0 atom stereocenters. The molecule has 57 heavy (non-hydrogen) atoms. The van der Waals surface area contributed by atoms with Crippen molar-refractivity contribution in [2.24, 2.45) is 0 Å². The number of carbonyl (C=O) groups is 4. The molecule has 0 saturated carbocycles. The minimum Gasteiger partial charge on any atom is -0.494 e. The summed E-state index contributed by atoms with van der Waals surface area (Å²) in [6.45, 7) is 7.93. The van der Waals surface area contributed by atoms with Crippen LogP contribution in [0.15, 0.2) is 104 Å². The van der Waals surface area contributed by atoms with Gasteiger partial charge in [-0.2, -0.15) is 0 Å². The van der Waals surface area contributed by atoms with Gasteiger partial charge < -0.3 is 33.2 Å². The molecule has 0 radical (unpaired) electrons. The van der Waals surface area contributed by atoms with Crippen molar-refractivity contribution in [2.75, 3.05) is 33.0 Å². The fraction of sp³-hybridized carbons (Fsp3) is 0.304. The SMILES string of the molecule is C=CC(=O)OCCCCCCOc1ccc2cc(C(=O)Oc3ccc(OC(=O)c4ccc5cc(OCCCCCCOC=O)ccc5c4)c(OCC)c3)ccc2c1. The summed E-state index contributed by atoms with van der Waals surface area (Å²) in [5, 5.41) is 3.55. The van der Waals surface area contributed by atoms with Crippen LogP contribution < -0.4 is 23.7 Å². The molecule has 0 amide bonds. The predicted octanol–water partition coefficient (Wildman–Crippen LogP) is 9.61. The fourth-order valence-electron chi connectivity index (χ4n) is 5.97. The third-order valence-electron chi connectivity index (χ3n) is 8.93. The normalized spacial score (nSPS) is 10.8. The molecule has 0 bridgehead atoms. The van der Waals surface area contributed by atoms with Crippen LogP contribution in [0, 0.1) is 0 Å². The first-order valence-corrected chi connectivity index (χ1v) is 19.3. The Hall–Kier alpha value is -6.36. The van der Waals surface area contributed by atoms with Gasteiger partial charge in [0.25, 0.3) is 6.47 Å². The Balaban J connectivity index is 1.12. The van der Waals surface area contributed by atoms with Crippen LogP contribution in [0.5, 0.6) is 28.7 Å². The lowest BCUT2D eigenvalue weighted by Crippen LogP contribution is -2.11. The number of benzene rings is 5. The molecule has 11 nitrogen and oxygen atoms in total. The van der Waals surface area contributed by atoms with Crippen molar-refractivity contribution in [1.82, 2.24) is 0 Å². The van der Waals surface area contributed by atoms with E-state index < -0.39 is 17.9 Å². The van der Waals surface area contributed by atoms with Crippen molar-refractivity contribution >= 4 is 45.9 Å². The molecular weight excluding hydrogens is 728 g/mol. The molecule has 0 unspecified atom stereocenters. The highest BCUT2D eigenvalue weighted by molar-refractivity contribution is 5.98. The monoisotopic (exact) mass is 776 g/mol.